The number of benzene rings is 2. The molecule has 2 aromatic rings. The van der Waals surface area contributed by atoms with Crippen LogP contribution in [0.25, 0.3) is 0 Å². The summed E-state index contributed by atoms with van der Waals surface area (Å²) in [5.41, 5.74) is 2.50. The summed E-state index contributed by atoms with van der Waals surface area (Å²) in [6, 6.07) is 14.0. The van der Waals surface area contributed by atoms with E-state index >= 15 is 0 Å². The smallest absolute Gasteiger partial charge is 0.145 e. The molecule has 0 spiro atoms. The topological polar surface area (TPSA) is 54.3 Å². The zero-order chi connectivity index (χ0) is 21.5. The van der Waals surface area contributed by atoms with Crippen LogP contribution in [0.2, 0.25) is 5.02 Å². The van der Waals surface area contributed by atoms with E-state index in [0.717, 1.165) is 16.8 Å². The highest BCUT2D eigenvalue weighted by molar-refractivity contribution is 6.34. The monoisotopic (exact) mass is 434 g/mol. The summed E-state index contributed by atoms with van der Waals surface area (Å²) in [5, 5.41) is 15.3. The first kappa shape index (κ1) is 22.7. The zero-order valence-electron chi connectivity index (χ0n) is 17.3. The number of hydrogen-bond donors (Lipinski definition) is 1. The van der Waals surface area contributed by atoms with Crippen molar-refractivity contribution in [3.63, 3.8) is 0 Å². The van der Waals surface area contributed by atoms with Gasteiger partial charge in [0.1, 0.15) is 11.9 Å². The number of oxime groups is 1. The van der Waals surface area contributed by atoms with Crippen LogP contribution in [0.3, 0.4) is 0 Å². The summed E-state index contributed by atoms with van der Waals surface area (Å²) in [7, 11) is 0. The molecular formula is C23H28ClFN2O3. The molecular weight excluding hydrogens is 407 g/mol. The minimum atomic E-state index is -0.661. The molecule has 1 heterocycles. The van der Waals surface area contributed by atoms with Gasteiger partial charge in [0, 0.05) is 36.6 Å². The lowest BCUT2D eigenvalue weighted by molar-refractivity contribution is -0.0194. The lowest BCUT2D eigenvalue weighted by Crippen LogP contribution is -2.39. The SMILES string of the molecule is CC(C)OCC(O)CN(Cc1cccc(F)c1)CC1CC(c2ccccc2Cl)=NO1. The minimum absolute atomic E-state index is 0.0427. The second kappa shape index (κ2) is 10.9. The molecule has 30 heavy (non-hydrogen) atoms. The van der Waals surface area contributed by atoms with Gasteiger partial charge in [0.2, 0.25) is 0 Å². The van der Waals surface area contributed by atoms with Gasteiger partial charge >= 0.3 is 0 Å². The van der Waals surface area contributed by atoms with E-state index in [-0.39, 0.29) is 24.6 Å². The van der Waals surface area contributed by atoms with Crippen LogP contribution in [0.15, 0.2) is 53.7 Å². The molecule has 0 bridgehead atoms. The Hall–Kier alpha value is -1.99. The number of nitrogens with zero attached hydrogens (tertiary/aromatic N) is 2. The number of hydrogen-bond acceptors (Lipinski definition) is 5. The summed E-state index contributed by atoms with van der Waals surface area (Å²) in [6.07, 6.45) is -0.183. The molecule has 0 saturated heterocycles. The van der Waals surface area contributed by atoms with Crippen LogP contribution in [-0.4, -0.2) is 53.7 Å². The van der Waals surface area contributed by atoms with E-state index in [0.29, 0.717) is 31.1 Å². The fourth-order valence-electron chi connectivity index (χ4n) is 3.42. The van der Waals surface area contributed by atoms with Crippen LogP contribution in [0.5, 0.6) is 0 Å². The van der Waals surface area contributed by atoms with Crippen LogP contribution in [-0.2, 0) is 16.1 Å². The molecule has 1 aliphatic rings. The predicted molar refractivity (Wildman–Crippen MR) is 116 cm³/mol. The van der Waals surface area contributed by atoms with Gasteiger partial charge in [0.25, 0.3) is 0 Å². The fraction of sp³-hybridized carbons (Fsp3) is 0.435. The normalized spacial score (nSPS) is 17.3. The molecule has 0 radical (unpaired) electrons. The second-order valence-corrected chi connectivity index (χ2v) is 8.22. The lowest BCUT2D eigenvalue weighted by atomic mass is 10.0. The Bertz CT molecular complexity index is 862. The number of ether oxygens (including phenoxy) is 1. The largest absolute Gasteiger partial charge is 0.390 e. The highest BCUT2D eigenvalue weighted by Crippen LogP contribution is 2.23. The summed E-state index contributed by atoms with van der Waals surface area (Å²) in [5.74, 6) is -0.280. The first-order valence-electron chi connectivity index (χ1n) is 10.1. The van der Waals surface area contributed by atoms with E-state index in [4.69, 9.17) is 21.2 Å². The van der Waals surface area contributed by atoms with Crippen molar-refractivity contribution in [1.29, 1.82) is 0 Å². The highest BCUT2D eigenvalue weighted by atomic mass is 35.5. The van der Waals surface area contributed by atoms with Crippen molar-refractivity contribution in [1.82, 2.24) is 4.90 Å². The van der Waals surface area contributed by atoms with E-state index < -0.39 is 6.10 Å². The fourth-order valence-corrected chi connectivity index (χ4v) is 3.66. The number of aliphatic hydroxyl groups excluding tert-OH is 1. The van der Waals surface area contributed by atoms with Crippen LogP contribution in [0, 0.1) is 5.82 Å². The first-order valence-corrected chi connectivity index (χ1v) is 10.5. The number of halogens is 2. The maximum absolute atomic E-state index is 13.6. The van der Waals surface area contributed by atoms with Crippen LogP contribution in [0.4, 0.5) is 4.39 Å². The van der Waals surface area contributed by atoms with Gasteiger partial charge in [-0.3, -0.25) is 4.90 Å². The van der Waals surface area contributed by atoms with E-state index in [9.17, 15) is 9.50 Å². The molecule has 2 atom stereocenters. The molecule has 2 unspecified atom stereocenters. The second-order valence-electron chi connectivity index (χ2n) is 7.81. The highest BCUT2D eigenvalue weighted by Gasteiger charge is 2.26. The van der Waals surface area contributed by atoms with Crippen molar-refractivity contribution in [3.05, 3.63) is 70.5 Å². The van der Waals surface area contributed by atoms with Crippen molar-refractivity contribution in [2.75, 3.05) is 19.7 Å². The van der Waals surface area contributed by atoms with Crippen LogP contribution < -0.4 is 0 Å². The Morgan fingerprint density at radius 2 is 2.07 bits per heavy atom. The Morgan fingerprint density at radius 3 is 2.80 bits per heavy atom. The molecule has 7 heteroatoms. The molecule has 5 nitrogen and oxygen atoms in total. The Balaban J connectivity index is 1.64. The van der Waals surface area contributed by atoms with Gasteiger partial charge in [-0.05, 0) is 37.6 Å². The molecule has 3 rings (SSSR count). The first-order chi connectivity index (χ1) is 14.4. The predicted octanol–water partition coefficient (Wildman–Crippen LogP) is 4.26. The molecule has 0 amide bonds. The van der Waals surface area contributed by atoms with Crippen molar-refractivity contribution >= 4 is 17.3 Å². The average Bonchev–Trinajstić information content (AvgIpc) is 3.15. The van der Waals surface area contributed by atoms with Gasteiger partial charge in [0.15, 0.2) is 0 Å². The zero-order valence-corrected chi connectivity index (χ0v) is 18.1. The molecule has 0 aliphatic carbocycles. The Kier molecular flexibility index (Phi) is 8.22. The van der Waals surface area contributed by atoms with E-state index in [1.54, 1.807) is 6.07 Å². The summed E-state index contributed by atoms with van der Waals surface area (Å²) in [6.45, 7) is 5.49. The average molecular weight is 435 g/mol. The van der Waals surface area contributed by atoms with Crippen LogP contribution >= 0.6 is 11.6 Å². The minimum Gasteiger partial charge on any atom is -0.390 e. The lowest BCUT2D eigenvalue weighted by Gasteiger charge is -2.27. The Labute approximate surface area is 182 Å². The third-order valence-electron chi connectivity index (χ3n) is 4.77. The molecule has 162 valence electrons. The maximum Gasteiger partial charge on any atom is 0.145 e. The molecule has 2 aromatic carbocycles. The van der Waals surface area contributed by atoms with Gasteiger partial charge in [0.05, 0.1) is 24.5 Å². The van der Waals surface area contributed by atoms with Crippen LogP contribution in [0.1, 0.15) is 31.4 Å². The summed E-state index contributed by atoms with van der Waals surface area (Å²) < 4.78 is 19.2. The molecule has 0 saturated carbocycles. The van der Waals surface area contributed by atoms with Crippen molar-refractivity contribution < 1.29 is 19.1 Å². The van der Waals surface area contributed by atoms with E-state index in [1.165, 1.54) is 12.1 Å². The number of rotatable bonds is 10. The van der Waals surface area contributed by atoms with Crippen molar-refractivity contribution in [2.45, 2.75) is 45.1 Å². The van der Waals surface area contributed by atoms with Crippen molar-refractivity contribution in [2.24, 2.45) is 5.16 Å². The Morgan fingerprint density at radius 1 is 1.27 bits per heavy atom. The summed E-state index contributed by atoms with van der Waals surface area (Å²) in [4.78, 5) is 7.69. The third kappa shape index (κ3) is 6.77. The van der Waals surface area contributed by atoms with Gasteiger partial charge in [-0.2, -0.15) is 0 Å². The van der Waals surface area contributed by atoms with Gasteiger partial charge in [-0.1, -0.05) is 47.1 Å². The van der Waals surface area contributed by atoms with Crippen molar-refractivity contribution in [3.8, 4) is 0 Å². The van der Waals surface area contributed by atoms with Gasteiger partial charge < -0.3 is 14.7 Å². The quantitative estimate of drug-likeness (QED) is 0.607. The van der Waals surface area contributed by atoms with E-state index in [1.807, 2.05) is 49.1 Å². The maximum atomic E-state index is 13.6. The molecule has 1 N–H and O–H groups in total. The molecule has 1 aliphatic heterocycles. The molecule has 0 aromatic heterocycles. The molecule has 0 fully saturated rings. The van der Waals surface area contributed by atoms with Gasteiger partial charge in [-0.15, -0.1) is 0 Å². The van der Waals surface area contributed by atoms with E-state index in [2.05, 4.69) is 5.16 Å². The summed E-state index contributed by atoms with van der Waals surface area (Å²) >= 11 is 6.28. The number of aliphatic hydroxyl groups is 1. The third-order valence-corrected chi connectivity index (χ3v) is 5.10. The van der Waals surface area contributed by atoms with Gasteiger partial charge in [-0.25, -0.2) is 4.39 Å². The standard InChI is InChI=1S/C23H28ClFN2O3/c1-16(2)29-15-19(28)13-27(12-17-6-5-7-18(25)10-17)14-20-11-23(26-30-20)21-8-3-4-9-22(21)24/h3-10,16,19-20,28H,11-15H2,1-2H3.